The highest BCUT2D eigenvalue weighted by molar-refractivity contribution is 5.70. The summed E-state index contributed by atoms with van der Waals surface area (Å²) in [4.78, 5) is 13.4. The van der Waals surface area contributed by atoms with Crippen LogP contribution in [0.25, 0.3) is 0 Å². The molecule has 0 saturated carbocycles. The third kappa shape index (κ3) is 2.43. The van der Waals surface area contributed by atoms with Crippen molar-refractivity contribution in [3.05, 3.63) is 0 Å². The molecule has 1 rings (SSSR count). The Balaban J connectivity index is 2.58. The molecule has 1 fully saturated rings. The first-order valence-corrected chi connectivity index (χ1v) is 5.30. The van der Waals surface area contributed by atoms with E-state index in [4.69, 9.17) is 9.84 Å². The molecule has 1 amide bonds. The summed E-state index contributed by atoms with van der Waals surface area (Å²) < 4.78 is 5.28. The lowest BCUT2D eigenvalue weighted by molar-refractivity contribution is -0.0833. The van der Waals surface area contributed by atoms with Gasteiger partial charge in [0.25, 0.3) is 0 Å². The van der Waals surface area contributed by atoms with Crippen molar-refractivity contribution in [2.75, 3.05) is 13.2 Å². The molecule has 1 N–H and O–H groups in total. The summed E-state index contributed by atoms with van der Waals surface area (Å²) in [6, 6.07) is 0. The monoisotopic (exact) mass is 215 g/mol. The van der Waals surface area contributed by atoms with Crippen LogP contribution in [0.1, 0.15) is 34.6 Å². The number of rotatable bonds is 1. The fraction of sp³-hybridized carbons (Fsp3) is 0.909. The number of aliphatic hydroxyl groups excluding tert-OH is 1. The van der Waals surface area contributed by atoms with E-state index in [1.54, 1.807) is 4.90 Å². The fourth-order valence-corrected chi connectivity index (χ4v) is 1.69. The highest BCUT2D eigenvalue weighted by Gasteiger charge is 2.49. The Labute approximate surface area is 91.2 Å². The Morgan fingerprint density at radius 2 is 2.07 bits per heavy atom. The van der Waals surface area contributed by atoms with Gasteiger partial charge in [-0.15, -0.1) is 0 Å². The van der Waals surface area contributed by atoms with Gasteiger partial charge in [-0.3, -0.25) is 0 Å². The van der Waals surface area contributed by atoms with Gasteiger partial charge in [0, 0.05) is 24.6 Å². The standard InChI is InChI=1S/C11H21NO3/c1-10(2,3)15-9(14)12-6-8(7-13)11(12,4)5/h8,13H,6-7H2,1-5H3/t8-/m0/s1. The van der Waals surface area contributed by atoms with E-state index in [2.05, 4.69) is 0 Å². The maximum atomic E-state index is 11.7. The third-order valence-electron chi connectivity index (χ3n) is 2.93. The first-order valence-electron chi connectivity index (χ1n) is 5.30. The molecule has 1 saturated heterocycles. The number of likely N-dealkylation sites (tertiary alicyclic amines) is 1. The number of aliphatic hydroxyl groups is 1. The maximum Gasteiger partial charge on any atom is 0.410 e. The minimum atomic E-state index is -0.461. The first kappa shape index (κ1) is 12.3. The highest BCUT2D eigenvalue weighted by Crippen LogP contribution is 2.36. The quantitative estimate of drug-likeness (QED) is 0.723. The molecule has 1 aliphatic rings. The number of amides is 1. The van der Waals surface area contributed by atoms with Crippen LogP contribution in [-0.2, 0) is 4.74 Å². The van der Waals surface area contributed by atoms with Crippen LogP contribution in [0.15, 0.2) is 0 Å². The number of ether oxygens (including phenoxy) is 1. The molecule has 0 aliphatic carbocycles. The third-order valence-corrected chi connectivity index (χ3v) is 2.93. The van der Waals surface area contributed by atoms with E-state index in [1.165, 1.54) is 0 Å². The van der Waals surface area contributed by atoms with Gasteiger partial charge >= 0.3 is 6.09 Å². The summed E-state index contributed by atoms with van der Waals surface area (Å²) in [5.74, 6) is 0.157. The van der Waals surface area contributed by atoms with Crippen LogP contribution in [0, 0.1) is 5.92 Å². The van der Waals surface area contributed by atoms with Crippen molar-refractivity contribution in [1.29, 1.82) is 0 Å². The van der Waals surface area contributed by atoms with Crippen LogP contribution in [0.3, 0.4) is 0 Å². The van der Waals surface area contributed by atoms with Crippen molar-refractivity contribution in [2.45, 2.75) is 45.8 Å². The molecule has 1 heterocycles. The summed E-state index contributed by atoms with van der Waals surface area (Å²) in [7, 11) is 0. The topological polar surface area (TPSA) is 49.8 Å². The molecule has 0 unspecified atom stereocenters. The van der Waals surface area contributed by atoms with Crippen LogP contribution in [0.4, 0.5) is 4.79 Å². The van der Waals surface area contributed by atoms with Crippen molar-refractivity contribution in [3.63, 3.8) is 0 Å². The second-order valence-electron chi connectivity index (χ2n) is 5.62. The fourth-order valence-electron chi connectivity index (χ4n) is 1.69. The predicted octanol–water partition coefficient (Wildman–Crippen LogP) is 1.62. The molecular formula is C11H21NO3. The lowest BCUT2D eigenvalue weighted by atomic mass is 9.78. The van der Waals surface area contributed by atoms with Gasteiger partial charge in [-0.1, -0.05) is 0 Å². The largest absolute Gasteiger partial charge is 0.444 e. The number of nitrogens with zero attached hydrogens (tertiary/aromatic N) is 1. The first-order chi connectivity index (χ1) is 6.68. The summed E-state index contributed by atoms with van der Waals surface area (Å²) in [5.41, 5.74) is -0.755. The van der Waals surface area contributed by atoms with Crippen molar-refractivity contribution < 1.29 is 14.6 Å². The molecule has 4 nitrogen and oxygen atoms in total. The van der Waals surface area contributed by atoms with Gasteiger partial charge in [-0.05, 0) is 34.6 Å². The molecule has 0 aromatic rings. The number of carbonyl (C=O) groups excluding carboxylic acids is 1. The van der Waals surface area contributed by atoms with Crippen molar-refractivity contribution in [1.82, 2.24) is 4.90 Å². The normalized spacial score (nSPS) is 24.7. The molecule has 0 aromatic heterocycles. The van der Waals surface area contributed by atoms with E-state index in [0.717, 1.165) is 0 Å². The van der Waals surface area contributed by atoms with E-state index >= 15 is 0 Å². The Morgan fingerprint density at radius 3 is 2.40 bits per heavy atom. The average Bonchev–Trinajstić information content (AvgIpc) is 1.99. The summed E-state index contributed by atoms with van der Waals surface area (Å²) >= 11 is 0. The van der Waals surface area contributed by atoms with Crippen molar-refractivity contribution >= 4 is 6.09 Å². The van der Waals surface area contributed by atoms with Crippen LogP contribution in [-0.4, -0.2) is 40.4 Å². The van der Waals surface area contributed by atoms with Crippen molar-refractivity contribution in [2.24, 2.45) is 5.92 Å². The molecule has 0 aromatic carbocycles. The molecule has 1 aliphatic heterocycles. The van der Waals surface area contributed by atoms with E-state index in [-0.39, 0.29) is 24.2 Å². The molecular weight excluding hydrogens is 194 g/mol. The van der Waals surface area contributed by atoms with Gasteiger partial charge in [0.15, 0.2) is 0 Å². The Hall–Kier alpha value is -0.770. The van der Waals surface area contributed by atoms with E-state index in [1.807, 2.05) is 34.6 Å². The van der Waals surface area contributed by atoms with Crippen molar-refractivity contribution in [3.8, 4) is 0 Å². The summed E-state index contributed by atoms with van der Waals surface area (Å²) in [5, 5.41) is 9.07. The van der Waals surface area contributed by atoms with Crippen LogP contribution < -0.4 is 0 Å². The average molecular weight is 215 g/mol. The van der Waals surface area contributed by atoms with Crippen LogP contribution in [0.2, 0.25) is 0 Å². The second-order valence-corrected chi connectivity index (χ2v) is 5.62. The smallest absolute Gasteiger partial charge is 0.410 e. The second kappa shape index (κ2) is 3.67. The van der Waals surface area contributed by atoms with Gasteiger partial charge in [0.1, 0.15) is 5.60 Å². The molecule has 0 spiro atoms. The van der Waals surface area contributed by atoms with Gasteiger partial charge < -0.3 is 14.7 Å². The molecule has 88 valence electrons. The lowest BCUT2D eigenvalue weighted by Crippen LogP contribution is -2.67. The zero-order valence-corrected chi connectivity index (χ0v) is 10.2. The van der Waals surface area contributed by atoms with E-state index in [9.17, 15) is 4.79 Å². The number of hydrogen-bond donors (Lipinski definition) is 1. The molecule has 4 heteroatoms. The van der Waals surface area contributed by atoms with Gasteiger partial charge in [-0.2, -0.15) is 0 Å². The van der Waals surface area contributed by atoms with E-state index in [0.29, 0.717) is 6.54 Å². The highest BCUT2D eigenvalue weighted by atomic mass is 16.6. The molecule has 15 heavy (non-hydrogen) atoms. The van der Waals surface area contributed by atoms with Crippen LogP contribution in [0.5, 0.6) is 0 Å². The zero-order chi connectivity index (χ0) is 11.9. The zero-order valence-electron chi connectivity index (χ0n) is 10.2. The van der Waals surface area contributed by atoms with Gasteiger partial charge in [-0.25, -0.2) is 4.79 Å². The SMILES string of the molecule is CC(C)(C)OC(=O)N1C[C@@H](CO)C1(C)C. The number of carbonyl (C=O) groups is 1. The minimum absolute atomic E-state index is 0.117. The van der Waals surface area contributed by atoms with Gasteiger partial charge in [0.2, 0.25) is 0 Å². The molecule has 0 bridgehead atoms. The summed E-state index contributed by atoms with van der Waals surface area (Å²) in [6.07, 6.45) is -0.294. The Morgan fingerprint density at radius 1 is 1.53 bits per heavy atom. The van der Waals surface area contributed by atoms with Crippen LogP contribution >= 0.6 is 0 Å². The number of hydrogen-bond acceptors (Lipinski definition) is 3. The Kier molecular flexibility index (Phi) is 3.01. The van der Waals surface area contributed by atoms with Gasteiger partial charge in [0.05, 0.1) is 0 Å². The molecule has 0 radical (unpaired) electrons. The van der Waals surface area contributed by atoms with E-state index < -0.39 is 5.60 Å². The molecule has 1 atom stereocenters. The lowest BCUT2D eigenvalue weighted by Gasteiger charge is -2.54. The predicted molar refractivity (Wildman–Crippen MR) is 57.6 cm³/mol. The Bertz CT molecular complexity index is 255. The maximum absolute atomic E-state index is 11.7. The minimum Gasteiger partial charge on any atom is -0.444 e. The summed E-state index contributed by atoms with van der Waals surface area (Å²) in [6.45, 7) is 10.1.